The molecule has 24 heavy (non-hydrogen) atoms. The van der Waals surface area contributed by atoms with Gasteiger partial charge in [-0.25, -0.2) is 0 Å². The third-order valence-corrected chi connectivity index (χ3v) is 7.79. The Kier molecular flexibility index (Phi) is 2.84. The maximum absolute atomic E-state index is 3.91. The van der Waals surface area contributed by atoms with Crippen LogP contribution in [0.4, 0.5) is 0 Å². The summed E-state index contributed by atoms with van der Waals surface area (Å²) in [5.74, 6) is 1.92. The summed E-state index contributed by atoms with van der Waals surface area (Å²) in [6.07, 6.45) is 11.4. The first kappa shape index (κ1) is 13.9. The molecule has 2 nitrogen and oxygen atoms in total. The van der Waals surface area contributed by atoms with Gasteiger partial charge in [0.15, 0.2) is 0 Å². The van der Waals surface area contributed by atoms with E-state index in [9.17, 15) is 0 Å². The van der Waals surface area contributed by atoms with E-state index in [1.54, 1.807) is 11.3 Å². The lowest BCUT2D eigenvalue weighted by molar-refractivity contribution is -0.0148. The number of nitrogens with zero attached hydrogens (tertiary/aromatic N) is 1. The molecule has 2 bridgehead atoms. The average molecular weight is 320 g/mol. The maximum atomic E-state index is 3.91. The second-order valence-corrected chi connectivity index (χ2v) is 8.99. The Morgan fingerprint density at radius 3 is 2.92 bits per heavy atom. The lowest BCUT2D eigenvalue weighted by Gasteiger charge is -2.58. The van der Waals surface area contributed by atoms with Gasteiger partial charge in [0.2, 0.25) is 0 Å². The lowest BCUT2D eigenvalue weighted by atomic mass is 9.54. The molecule has 1 aliphatic heterocycles. The van der Waals surface area contributed by atoms with E-state index < -0.39 is 0 Å². The number of hydrogen-bond acceptors (Lipinski definition) is 1. The van der Waals surface area contributed by atoms with E-state index in [0.717, 1.165) is 17.9 Å². The molecule has 126 valence electrons. The van der Waals surface area contributed by atoms with Crippen LogP contribution in [-0.4, -0.2) is 29.0 Å². The van der Waals surface area contributed by atoms with Gasteiger partial charge >= 0.3 is 0 Å². The van der Waals surface area contributed by atoms with Crippen molar-refractivity contribution in [2.75, 3.05) is 13.1 Å². The first-order valence-electron chi connectivity index (χ1n) is 10.2. The van der Waals surface area contributed by atoms with Gasteiger partial charge in [0.25, 0.3) is 0 Å². The van der Waals surface area contributed by atoms with Crippen LogP contribution in [0.1, 0.15) is 56.2 Å². The largest absolute Gasteiger partial charge is 0.358 e. The Balaban J connectivity index is 1.51. The van der Waals surface area contributed by atoms with Crippen LogP contribution < -0.4 is 0 Å². The Morgan fingerprint density at radius 2 is 2.00 bits per heavy atom. The fourth-order valence-corrected chi connectivity index (χ4v) is 6.51. The zero-order valence-corrected chi connectivity index (χ0v) is 14.6. The van der Waals surface area contributed by atoms with Gasteiger partial charge in [-0.1, -0.05) is 31.0 Å². The zero-order valence-electron chi connectivity index (χ0n) is 14.6. The molecular weight excluding hydrogens is 292 g/mol. The Labute approximate surface area is 144 Å². The number of piperidine rings is 1. The molecule has 3 aliphatic carbocycles. The van der Waals surface area contributed by atoms with E-state index in [1.165, 1.54) is 75.4 Å². The highest BCUT2D eigenvalue weighted by molar-refractivity contribution is 5.85. The van der Waals surface area contributed by atoms with Gasteiger partial charge in [-0.15, -0.1) is 0 Å². The molecule has 2 heteroatoms. The van der Waals surface area contributed by atoms with E-state index in [4.69, 9.17) is 0 Å². The van der Waals surface area contributed by atoms with E-state index >= 15 is 0 Å². The SMILES string of the molecule is c1ccc2c3c([nH]c2c1)C12CCCCC1C(C3)N(CC1CC1)CC2. The number of para-hydroxylation sites is 1. The summed E-state index contributed by atoms with van der Waals surface area (Å²) < 4.78 is 0. The van der Waals surface area contributed by atoms with Crippen molar-refractivity contribution < 1.29 is 0 Å². The van der Waals surface area contributed by atoms with Crippen LogP contribution in [0.2, 0.25) is 0 Å². The molecule has 1 saturated heterocycles. The van der Waals surface area contributed by atoms with Crippen LogP contribution in [0.25, 0.3) is 10.9 Å². The lowest BCUT2D eigenvalue weighted by Crippen LogP contribution is -2.61. The molecule has 3 atom stereocenters. The first-order valence-corrected chi connectivity index (χ1v) is 10.2. The smallest absolute Gasteiger partial charge is 0.0459 e. The van der Waals surface area contributed by atoms with Crippen molar-refractivity contribution in [1.82, 2.24) is 9.88 Å². The topological polar surface area (TPSA) is 19.0 Å². The number of rotatable bonds is 2. The van der Waals surface area contributed by atoms with E-state index in [1.807, 2.05) is 0 Å². The normalized spacial score (nSPS) is 35.7. The van der Waals surface area contributed by atoms with Crippen LogP contribution in [0.15, 0.2) is 24.3 Å². The van der Waals surface area contributed by atoms with Gasteiger partial charge in [0, 0.05) is 34.6 Å². The minimum absolute atomic E-state index is 0.468. The summed E-state index contributed by atoms with van der Waals surface area (Å²) in [5, 5.41) is 1.51. The minimum Gasteiger partial charge on any atom is -0.358 e. The highest BCUT2D eigenvalue weighted by atomic mass is 15.2. The van der Waals surface area contributed by atoms with Gasteiger partial charge in [-0.05, 0) is 68.5 Å². The predicted octanol–water partition coefficient (Wildman–Crippen LogP) is 4.64. The molecule has 2 heterocycles. The molecule has 1 N–H and O–H groups in total. The molecule has 0 spiro atoms. The van der Waals surface area contributed by atoms with Crippen molar-refractivity contribution in [3.8, 4) is 0 Å². The standard InChI is InChI=1S/C22H28N2/c1-2-7-19-16(5-1)17-13-20-18-6-3-4-10-22(18,21(17)23-19)11-12-24(20)14-15-8-9-15/h1-2,5,7,15,18,20,23H,3-4,6,8-14H2. The Bertz CT molecular complexity index is 786. The second kappa shape index (κ2) is 4.88. The summed E-state index contributed by atoms with van der Waals surface area (Å²) in [7, 11) is 0. The summed E-state index contributed by atoms with van der Waals surface area (Å²) >= 11 is 0. The number of aromatic amines is 1. The molecule has 2 saturated carbocycles. The molecule has 6 rings (SSSR count). The number of benzene rings is 1. The molecule has 4 aliphatic rings. The minimum atomic E-state index is 0.468. The monoisotopic (exact) mass is 320 g/mol. The van der Waals surface area contributed by atoms with Gasteiger partial charge in [-0.2, -0.15) is 0 Å². The van der Waals surface area contributed by atoms with Crippen molar-refractivity contribution in [2.45, 2.75) is 62.8 Å². The molecule has 0 radical (unpaired) electrons. The number of fused-ring (bicyclic) bond motifs is 3. The second-order valence-electron chi connectivity index (χ2n) is 8.99. The van der Waals surface area contributed by atoms with Gasteiger partial charge in [0.1, 0.15) is 0 Å². The van der Waals surface area contributed by atoms with Gasteiger partial charge < -0.3 is 4.98 Å². The molecule has 1 aromatic carbocycles. The highest BCUT2D eigenvalue weighted by Crippen LogP contribution is 2.56. The third-order valence-electron chi connectivity index (χ3n) is 7.79. The van der Waals surface area contributed by atoms with Crippen LogP contribution in [0, 0.1) is 11.8 Å². The van der Waals surface area contributed by atoms with E-state index in [-0.39, 0.29) is 0 Å². The molecule has 0 amide bonds. The zero-order chi connectivity index (χ0) is 15.7. The van der Waals surface area contributed by atoms with E-state index in [0.29, 0.717) is 5.41 Å². The number of likely N-dealkylation sites (tertiary alicyclic amines) is 1. The molecule has 2 aromatic rings. The summed E-state index contributed by atoms with van der Waals surface area (Å²) in [6, 6.07) is 9.86. The maximum Gasteiger partial charge on any atom is 0.0459 e. The van der Waals surface area contributed by atoms with Gasteiger partial charge in [-0.3, -0.25) is 4.90 Å². The van der Waals surface area contributed by atoms with Crippen LogP contribution in [0.5, 0.6) is 0 Å². The van der Waals surface area contributed by atoms with Gasteiger partial charge in [0.05, 0.1) is 0 Å². The van der Waals surface area contributed by atoms with Crippen LogP contribution in [-0.2, 0) is 11.8 Å². The Morgan fingerprint density at radius 1 is 1.08 bits per heavy atom. The highest BCUT2D eigenvalue weighted by Gasteiger charge is 2.55. The molecule has 3 fully saturated rings. The predicted molar refractivity (Wildman–Crippen MR) is 98.3 cm³/mol. The Hall–Kier alpha value is -1.28. The van der Waals surface area contributed by atoms with Crippen molar-refractivity contribution >= 4 is 10.9 Å². The molecule has 3 unspecified atom stereocenters. The van der Waals surface area contributed by atoms with Crippen LogP contribution >= 0.6 is 0 Å². The van der Waals surface area contributed by atoms with Crippen molar-refractivity contribution in [3.05, 3.63) is 35.5 Å². The number of hydrogen-bond donors (Lipinski definition) is 1. The van der Waals surface area contributed by atoms with Crippen LogP contribution in [0.3, 0.4) is 0 Å². The quantitative estimate of drug-likeness (QED) is 0.854. The number of nitrogens with one attached hydrogen (secondary N) is 1. The van der Waals surface area contributed by atoms with Crippen molar-refractivity contribution in [3.63, 3.8) is 0 Å². The first-order chi connectivity index (χ1) is 11.9. The molecule has 1 aromatic heterocycles. The fraction of sp³-hybridized carbons (Fsp3) is 0.636. The van der Waals surface area contributed by atoms with Crippen molar-refractivity contribution in [2.24, 2.45) is 11.8 Å². The molecular formula is C22H28N2. The number of aromatic nitrogens is 1. The summed E-state index contributed by atoms with van der Waals surface area (Å²) in [5.41, 5.74) is 5.17. The number of H-pyrrole nitrogens is 1. The summed E-state index contributed by atoms with van der Waals surface area (Å²) in [4.78, 5) is 6.82. The third kappa shape index (κ3) is 1.81. The summed E-state index contributed by atoms with van der Waals surface area (Å²) in [6.45, 7) is 2.72. The van der Waals surface area contributed by atoms with Crippen molar-refractivity contribution in [1.29, 1.82) is 0 Å². The van der Waals surface area contributed by atoms with E-state index in [2.05, 4.69) is 34.1 Å². The fourth-order valence-electron chi connectivity index (χ4n) is 6.51. The average Bonchev–Trinajstić information content (AvgIpc) is 3.36.